The van der Waals surface area contributed by atoms with Crippen molar-refractivity contribution in [1.82, 2.24) is 5.32 Å². The summed E-state index contributed by atoms with van der Waals surface area (Å²) in [5, 5.41) is 4.71. The van der Waals surface area contributed by atoms with Crippen LogP contribution in [0.4, 0.5) is 4.79 Å². The minimum atomic E-state index is -4.25. The van der Waals surface area contributed by atoms with E-state index in [1.54, 1.807) is 0 Å². The maximum absolute atomic E-state index is 12.3. The molecule has 0 radical (unpaired) electrons. The zero-order chi connectivity index (χ0) is 29.5. The second kappa shape index (κ2) is 22.5. The monoisotopic (exact) mass is 619 g/mol. The van der Waals surface area contributed by atoms with Gasteiger partial charge in [-0.05, 0) is 19.3 Å². The van der Waals surface area contributed by atoms with Crippen LogP contribution in [0.25, 0.3) is 0 Å². The third-order valence-electron chi connectivity index (χ3n) is 7.57. The Morgan fingerprint density at radius 2 is 1.56 bits per heavy atom. The number of ether oxygens (including phenoxy) is 2. The Morgan fingerprint density at radius 3 is 2.10 bits per heavy atom. The molecule has 1 aliphatic rings. The summed E-state index contributed by atoms with van der Waals surface area (Å²) in [7, 11) is -4.25. The van der Waals surface area contributed by atoms with E-state index >= 15 is 0 Å². The van der Waals surface area contributed by atoms with Gasteiger partial charge in [-0.1, -0.05) is 115 Å². The Labute approximate surface area is 252 Å². The lowest BCUT2D eigenvalue weighted by molar-refractivity contribution is -0.693. The summed E-state index contributed by atoms with van der Waals surface area (Å²) in [5.74, 6) is 0. The van der Waals surface area contributed by atoms with Gasteiger partial charge in [0.1, 0.15) is 18.8 Å². The number of hydrogen-bond donors (Lipinski definition) is 2. The fourth-order valence-corrected chi connectivity index (χ4v) is 6.44. The van der Waals surface area contributed by atoms with Crippen molar-refractivity contribution >= 4 is 25.3 Å². The van der Waals surface area contributed by atoms with Gasteiger partial charge >= 0.3 is 13.9 Å². The molecule has 1 amide bonds. The molecular formula is C30H56N2O7PS+. The highest BCUT2D eigenvalue weighted by Crippen LogP contribution is 2.45. The summed E-state index contributed by atoms with van der Waals surface area (Å²) in [6.07, 6.45) is 23.7. The van der Waals surface area contributed by atoms with Gasteiger partial charge in [0.05, 0.1) is 12.0 Å². The molecule has 2 heterocycles. The van der Waals surface area contributed by atoms with Crippen LogP contribution in [0.1, 0.15) is 122 Å². The lowest BCUT2D eigenvalue weighted by atomic mass is 10.0. The third-order valence-corrected chi connectivity index (χ3v) is 9.21. The smallest absolute Gasteiger partial charge is 0.446 e. The van der Waals surface area contributed by atoms with Crippen molar-refractivity contribution in [2.24, 2.45) is 0 Å². The number of alkyl carbamates (subject to hydrolysis) is 1. The van der Waals surface area contributed by atoms with E-state index in [1.807, 2.05) is 21.7 Å². The van der Waals surface area contributed by atoms with Crippen LogP contribution < -0.4 is 9.88 Å². The molecule has 1 aliphatic heterocycles. The molecule has 2 N–H and O–H groups in total. The number of nitrogens with one attached hydrogen (secondary N) is 1. The van der Waals surface area contributed by atoms with Gasteiger partial charge < -0.3 is 19.7 Å². The first-order valence-corrected chi connectivity index (χ1v) is 18.5. The van der Waals surface area contributed by atoms with Crippen molar-refractivity contribution in [3.63, 3.8) is 0 Å². The number of nitrogens with zero attached hydrogens (tertiary/aromatic N) is 1. The van der Waals surface area contributed by atoms with Crippen LogP contribution in [0.2, 0.25) is 0 Å². The molecule has 1 aromatic heterocycles. The fraction of sp³-hybridized carbons (Fsp3) is 0.867. The molecule has 1 saturated heterocycles. The molecule has 238 valence electrons. The molecule has 1 fully saturated rings. The normalized spacial score (nSPS) is 18.4. The van der Waals surface area contributed by atoms with Crippen LogP contribution in [0.3, 0.4) is 0 Å². The molecule has 0 saturated carbocycles. The number of phosphoric ester groups is 1. The van der Waals surface area contributed by atoms with Crippen LogP contribution in [0.15, 0.2) is 17.1 Å². The number of carbonyl (C=O) groups is 1. The Bertz CT molecular complexity index is 822. The first-order chi connectivity index (χ1) is 19.9. The van der Waals surface area contributed by atoms with Crippen molar-refractivity contribution in [3.05, 3.63) is 17.1 Å². The number of aromatic nitrogens is 1. The van der Waals surface area contributed by atoms with Gasteiger partial charge in [0.15, 0.2) is 12.7 Å². The number of hydrogen-bond acceptors (Lipinski definition) is 7. The number of carbonyl (C=O) groups excluding carboxylic acids is 1. The van der Waals surface area contributed by atoms with Crippen LogP contribution in [-0.2, 0) is 29.6 Å². The average molecular weight is 620 g/mol. The molecule has 0 aromatic carbocycles. The maximum Gasteiger partial charge on any atom is 0.472 e. The Hall–Kier alpha value is -1.03. The van der Waals surface area contributed by atoms with E-state index < -0.39 is 19.5 Å². The number of phosphoric acid groups is 1. The molecule has 9 nitrogen and oxygen atoms in total. The summed E-state index contributed by atoms with van der Waals surface area (Å²) in [6.45, 7) is 3.60. The Kier molecular flexibility index (Phi) is 19.8. The first kappa shape index (κ1) is 36.2. The van der Waals surface area contributed by atoms with Crippen molar-refractivity contribution < 1.29 is 37.3 Å². The number of unbranched alkanes of at least 4 members (excludes halogenated alkanes) is 15. The SMILES string of the molecule is CCCCCCCCCCCCCCCCCCNC(=O)OC[C@@]1(COP(=O)(O)OCC[n+]2ccsc2)CCCO1. The fourth-order valence-electron chi connectivity index (χ4n) is 5.02. The first-order valence-electron chi connectivity index (χ1n) is 16.0. The molecule has 11 heteroatoms. The highest BCUT2D eigenvalue weighted by molar-refractivity contribution is 7.47. The lowest BCUT2D eigenvalue weighted by Gasteiger charge is -2.28. The van der Waals surface area contributed by atoms with E-state index in [0.29, 0.717) is 26.1 Å². The van der Waals surface area contributed by atoms with E-state index in [0.717, 1.165) is 19.3 Å². The number of rotatable bonds is 26. The van der Waals surface area contributed by atoms with E-state index in [9.17, 15) is 14.3 Å². The van der Waals surface area contributed by atoms with Gasteiger partial charge in [-0.3, -0.25) is 9.05 Å². The lowest BCUT2D eigenvalue weighted by Crippen LogP contribution is -2.41. The van der Waals surface area contributed by atoms with Gasteiger partial charge in [-0.2, -0.15) is 4.57 Å². The average Bonchev–Trinajstić information content (AvgIpc) is 3.66. The summed E-state index contributed by atoms with van der Waals surface area (Å²) in [4.78, 5) is 22.2. The number of thiazole rings is 1. The molecular weight excluding hydrogens is 563 g/mol. The van der Waals surface area contributed by atoms with E-state index in [1.165, 1.54) is 101 Å². The standard InChI is InChI=1S/C30H55N2O7PS/c1-2-3-4-5-6-7-8-9-10-11-12-13-14-15-16-17-20-31-29(33)36-26-30(19-18-23-37-30)27-39-40(34,35)38-24-21-32-22-25-41-28-32/h22,25,28H,2-21,23-24,26-27H2,1H3,(H-,31,33,34,35)/p+1/t30-/m1/s1. The van der Waals surface area contributed by atoms with Crippen molar-refractivity contribution in [3.8, 4) is 0 Å². The molecule has 0 bridgehead atoms. The van der Waals surface area contributed by atoms with E-state index in [-0.39, 0.29) is 19.8 Å². The largest absolute Gasteiger partial charge is 0.472 e. The van der Waals surface area contributed by atoms with Crippen molar-refractivity contribution in [1.29, 1.82) is 0 Å². The number of amides is 1. The molecule has 2 rings (SSSR count). The predicted octanol–water partition coefficient (Wildman–Crippen LogP) is 7.71. The van der Waals surface area contributed by atoms with Crippen molar-refractivity contribution in [2.45, 2.75) is 135 Å². The van der Waals surface area contributed by atoms with Crippen LogP contribution in [-0.4, -0.2) is 49.6 Å². The van der Waals surface area contributed by atoms with Crippen LogP contribution >= 0.6 is 19.2 Å². The van der Waals surface area contributed by atoms with Crippen molar-refractivity contribution in [2.75, 3.05) is 33.0 Å². The second-order valence-electron chi connectivity index (χ2n) is 11.3. The van der Waals surface area contributed by atoms with E-state index in [4.69, 9.17) is 18.5 Å². The zero-order valence-electron chi connectivity index (χ0n) is 25.4. The summed E-state index contributed by atoms with van der Waals surface area (Å²) in [5.41, 5.74) is 0.951. The van der Waals surface area contributed by atoms with Gasteiger partial charge in [0.2, 0.25) is 5.51 Å². The quantitative estimate of drug-likeness (QED) is 0.0621. The maximum atomic E-state index is 12.3. The highest BCUT2D eigenvalue weighted by atomic mass is 32.1. The van der Waals surface area contributed by atoms with Gasteiger partial charge in [0, 0.05) is 13.2 Å². The summed E-state index contributed by atoms with van der Waals surface area (Å²) in [6, 6.07) is 0. The minimum absolute atomic E-state index is 0.0391. The predicted molar refractivity (Wildman–Crippen MR) is 163 cm³/mol. The zero-order valence-corrected chi connectivity index (χ0v) is 27.1. The van der Waals surface area contributed by atoms with Crippen LogP contribution in [0.5, 0.6) is 0 Å². The molecule has 1 aromatic rings. The third kappa shape index (κ3) is 18.3. The Morgan fingerprint density at radius 1 is 0.951 bits per heavy atom. The molecule has 0 spiro atoms. The van der Waals surface area contributed by atoms with Crippen LogP contribution in [0, 0.1) is 0 Å². The van der Waals surface area contributed by atoms with Gasteiger partial charge in [-0.15, -0.1) is 0 Å². The highest BCUT2D eigenvalue weighted by Gasteiger charge is 2.40. The van der Waals surface area contributed by atoms with Gasteiger partial charge in [-0.25, -0.2) is 9.36 Å². The minimum Gasteiger partial charge on any atom is -0.446 e. The summed E-state index contributed by atoms with van der Waals surface area (Å²) < 4.78 is 35.6. The Balaban J connectivity index is 1.43. The second-order valence-corrected chi connectivity index (χ2v) is 13.5. The molecule has 41 heavy (non-hydrogen) atoms. The topological polar surface area (TPSA) is 107 Å². The molecule has 2 atom stereocenters. The van der Waals surface area contributed by atoms with Gasteiger partial charge in [0.25, 0.3) is 0 Å². The summed E-state index contributed by atoms with van der Waals surface area (Å²) >= 11 is 1.53. The molecule has 0 aliphatic carbocycles. The molecule has 1 unspecified atom stereocenters. The van der Waals surface area contributed by atoms with E-state index in [2.05, 4.69) is 12.2 Å².